The number of benzene rings is 2. The Morgan fingerprint density at radius 1 is 1.16 bits per heavy atom. The highest BCUT2D eigenvalue weighted by molar-refractivity contribution is 9.11. The molecule has 0 unspecified atom stereocenters. The Kier molecular flexibility index (Phi) is 6.57. The summed E-state index contributed by atoms with van der Waals surface area (Å²) in [6.45, 7) is 6.20. The Hall–Kier alpha value is -1.90. The van der Waals surface area contributed by atoms with E-state index >= 15 is 0 Å². The van der Waals surface area contributed by atoms with Crippen LogP contribution in [-0.2, 0) is 4.79 Å². The Bertz CT molecular complexity index is 839. The summed E-state index contributed by atoms with van der Waals surface area (Å²) in [6, 6.07) is 13.6. The van der Waals surface area contributed by atoms with Gasteiger partial charge in [-0.05, 0) is 79.6 Å². The van der Waals surface area contributed by atoms with Crippen molar-refractivity contribution in [1.82, 2.24) is 0 Å². The summed E-state index contributed by atoms with van der Waals surface area (Å²) < 4.78 is 1.51. The van der Waals surface area contributed by atoms with Gasteiger partial charge in [0, 0.05) is 8.95 Å². The van der Waals surface area contributed by atoms with Crippen LogP contribution in [0.1, 0.15) is 36.5 Å². The van der Waals surface area contributed by atoms with Gasteiger partial charge in [-0.2, -0.15) is 5.26 Å². The Morgan fingerprint density at radius 3 is 2.20 bits per heavy atom. The van der Waals surface area contributed by atoms with E-state index in [4.69, 9.17) is 0 Å². The number of halogens is 2. The summed E-state index contributed by atoms with van der Waals surface area (Å²) in [5.41, 5.74) is 3.74. The fourth-order valence-corrected chi connectivity index (χ4v) is 3.91. The summed E-state index contributed by atoms with van der Waals surface area (Å²) >= 11 is 6.88. The van der Waals surface area contributed by atoms with Crippen molar-refractivity contribution in [2.24, 2.45) is 0 Å². The van der Waals surface area contributed by atoms with Crippen molar-refractivity contribution in [3.8, 4) is 6.07 Å². The number of nitrogens with one attached hydrogen (secondary N) is 1. The quantitative estimate of drug-likeness (QED) is 0.435. The van der Waals surface area contributed by atoms with E-state index in [1.54, 1.807) is 6.08 Å². The number of hydrogen-bond donors (Lipinski definition) is 1. The molecule has 0 bridgehead atoms. The predicted octanol–water partition coefficient (Wildman–Crippen LogP) is 6.19. The number of carbonyl (C=O) groups is 1. The molecule has 1 N–H and O–H groups in total. The minimum Gasteiger partial charge on any atom is -0.319 e. The number of rotatable bonds is 4. The van der Waals surface area contributed by atoms with Crippen LogP contribution >= 0.6 is 31.9 Å². The van der Waals surface area contributed by atoms with Crippen LogP contribution in [0.5, 0.6) is 0 Å². The molecule has 0 saturated heterocycles. The first kappa shape index (κ1) is 19.4. The average Bonchev–Trinajstić information content (AvgIpc) is 2.56. The van der Waals surface area contributed by atoms with E-state index in [9.17, 15) is 10.1 Å². The highest BCUT2D eigenvalue weighted by Gasteiger charge is 2.14. The largest absolute Gasteiger partial charge is 0.319 e. The van der Waals surface area contributed by atoms with Crippen LogP contribution in [0.15, 0.2) is 50.9 Å². The van der Waals surface area contributed by atoms with E-state index in [1.165, 1.54) is 5.56 Å². The van der Waals surface area contributed by atoms with Gasteiger partial charge in [-0.25, -0.2) is 0 Å². The van der Waals surface area contributed by atoms with Crippen molar-refractivity contribution in [2.75, 3.05) is 5.32 Å². The second-order valence-corrected chi connectivity index (χ2v) is 7.76. The third kappa shape index (κ3) is 5.04. The molecule has 0 fully saturated rings. The molecule has 0 spiro atoms. The normalized spacial score (nSPS) is 11.3. The standard InChI is InChI=1S/C20H18Br2N2O/c1-12(2)15-6-4-14(5-7-15)10-16(11-23)20(25)24-19-17(21)8-13(3)9-18(19)22/h4-10,12H,1-3H3,(H,24,25)/b16-10+. The molecule has 0 saturated carbocycles. The van der Waals surface area contributed by atoms with Gasteiger partial charge in [0.1, 0.15) is 11.6 Å². The number of aryl methyl sites for hydroxylation is 1. The van der Waals surface area contributed by atoms with Gasteiger partial charge >= 0.3 is 0 Å². The van der Waals surface area contributed by atoms with Gasteiger partial charge in [-0.3, -0.25) is 4.79 Å². The molecule has 5 heteroatoms. The zero-order valence-corrected chi connectivity index (χ0v) is 17.4. The zero-order chi connectivity index (χ0) is 18.6. The number of hydrogen-bond acceptors (Lipinski definition) is 2. The van der Waals surface area contributed by atoms with E-state index in [-0.39, 0.29) is 5.57 Å². The second-order valence-electron chi connectivity index (χ2n) is 6.05. The fraction of sp³-hybridized carbons (Fsp3) is 0.200. The highest BCUT2D eigenvalue weighted by atomic mass is 79.9. The number of amides is 1. The Balaban J connectivity index is 2.26. The van der Waals surface area contributed by atoms with Gasteiger partial charge in [-0.15, -0.1) is 0 Å². The van der Waals surface area contributed by atoms with Crippen molar-refractivity contribution in [3.05, 3.63) is 67.6 Å². The third-order valence-corrected chi connectivity index (χ3v) is 4.96. The van der Waals surface area contributed by atoms with E-state index in [0.29, 0.717) is 11.6 Å². The summed E-state index contributed by atoms with van der Waals surface area (Å²) in [7, 11) is 0. The summed E-state index contributed by atoms with van der Waals surface area (Å²) in [5.74, 6) is -0.00584. The first-order valence-electron chi connectivity index (χ1n) is 7.80. The SMILES string of the molecule is Cc1cc(Br)c(NC(=O)/C(C#N)=C/c2ccc(C(C)C)cc2)c(Br)c1. The van der Waals surface area contributed by atoms with Crippen molar-refractivity contribution >= 4 is 49.5 Å². The lowest BCUT2D eigenvalue weighted by molar-refractivity contribution is -0.112. The zero-order valence-electron chi connectivity index (χ0n) is 14.2. The molecular formula is C20H18Br2N2O. The number of anilines is 1. The number of nitriles is 1. The lowest BCUT2D eigenvalue weighted by atomic mass is 10.0. The Labute approximate surface area is 165 Å². The molecule has 0 heterocycles. The van der Waals surface area contributed by atoms with Gasteiger partial charge < -0.3 is 5.32 Å². The monoisotopic (exact) mass is 460 g/mol. The molecule has 0 aromatic heterocycles. The molecule has 2 aromatic carbocycles. The molecule has 3 nitrogen and oxygen atoms in total. The van der Waals surface area contributed by atoms with E-state index in [0.717, 1.165) is 20.1 Å². The van der Waals surface area contributed by atoms with E-state index < -0.39 is 5.91 Å². The first-order valence-corrected chi connectivity index (χ1v) is 9.39. The highest BCUT2D eigenvalue weighted by Crippen LogP contribution is 2.32. The van der Waals surface area contributed by atoms with Crippen LogP contribution in [0.3, 0.4) is 0 Å². The molecule has 2 aromatic rings. The molecule has 1 amide bonds. The van der Waals surface area contributed by atoms with Gasteiger partial charge in [0.15, 0.2) is 0 Å². The number of carbonyl (C=O) groups excluding carboxylic acids is 1. The minimum atomic E-state index is -0.444. The topological polar surface area (TPSA) is 52.9 Å². The molecule has 25 heavy (non-hydrogen) atoms. The summed E-state index contributed by atoms with van der Waals surface area (Å²) in [5, 5.41) is 12.1. The molecule has 0 aliphatic rings. The lowest BCUT2D eigenvalue weighted by Crippen LogP contribution is -2.14. The van der Waals surface area contributed by atoms with Crippen LogP contribution in [-0.4, -0.2) is 5.91 Å². The summed E-state index contributed by atoms with van der Waals surface area (Å²) in [6.07, 6.45) is 1.59. The smallest absolute Gasteiger partial charge is 0.266 e. The Morgan fingerprint density at radius 2 is 1.72 bits per heavy atom. The van der Waals surface area contributed by atoms with Gasteiger partial charge in [-0.1, -0.05) is 38.1 Å². The molecular weight excluding hydrogens is 444 g/mol. The maximum absolute atomic E-state index is 12.5. The predicted molar refractivity (Wildman–Crippen MR) is 109 cm³/mol. The minimum absolute atomic E-state index is 0.0525. The molecule has 0 aliphatic heterocycles. The molecule has 0 atom stereocenters. The maximum Gasteiger partial charge on any atom is 0.266 e. The lowest BCUT2D eigenvalue weighted by Gasteiger charge is -2.10. The molecule has 2 rings (SSSR count). The van der Waals surface area contributed by atoms with Crippen LogP contribution in [0.2, 0.25) is 0 Å². The molecule has 128 valence electrons. The van der Waals surface area contributed by atoms with Crippen molar-refractivity contribution in [3.63, 3.8) is 0 Å². The number of nitrogens with zero attached hydrogens (tertiary/aromatic N) is 1. The first-order chi connectivity index (χ1) is 11.8. The van der Waals surface area contributed by atoms with E-state index in [2.05, 4.69) is 51.0 Å². The van der Waals surface area contributed by atoms with Gasteiger partial charge in [0.2, 0.25) is 0 Å². The molecule has 0 radical (unpaired) electrons. The van der Waals surface area contributed by atoms with Crippen molar-refractivity contribution in [2.45, 2.75) is 26.7 Å². The van der Waals surface area contributed by atoms with Crippen molar-refractivity contribution < 1.29 is 4.79 Å². The van der Waals surface area contributed by atoms with Crippen LogP contribution < -0.4 is 5.32 Å². The average molecular weight is 462 g/mol. The van der Waals surface area contributed by atoms with E-state index in [1.807, 2.05) is 49.4 Å². The second kappa shape index (κ2) is 8.46. The van der Waals surface area contributed by atoms with Crippen LogP contribution in [0.4, 0.5) is 5.69 Å². The van der Waals surface area contributed by atoms with Gasteiger partial charge in [0.25, 0.3) is 5.91 Å². The fourth-order valence-electron chi connectivity index (χ4n) is 2.29. The van der Waals surface area contributed by atoms with Crippen molar-refractivity contribution in [1.29, 1.82) is 5.26 Å². The maximum atomic E-state index is 12.5. The van der Waals surface area contributed by atoms with Crippen LogP contribution in [0.25, 0.3) is 6.08 Å². The third-order valence-electron chi connectivity index (χ3n) is 3.70. The molecule has 0 aliphatic carbocycles. The van der Waals surface area contributed by atoms with Crippen LogP contribution in [0, 0.1) is 18.3 Å². The summed E-state index contributed by atoms with van der Waals surface area (Å²) in [4.78, 5) is 12.5. The van der Waals surface area contributed by atoms with Gasteiger partial charge in [0.05, 0.1) is 5.69 Å².